The molecule has 0 aliphatic carbocycles. The Balaban J connectivity index is 1.39. The summed E-state index contributed by atoms with van der Waals surface area (Å²) < 4.78 is 0. The Labute approximate surface area is 172 Å². The van der Waals surface area contributed by atoms with Crippen molar-refractivity contribution in [1.29, 1.82) is 0 Å². The lowest BCUT2D eigenvalue weighted by Gasteiger charge is -2.29. The highest BCUT2D eigenvalue weighted by Crippen LogP contribution is 2.25. The van der Waals surface area contributed by atoms with E-state index in [0.717, 1.165) is 25.2 Å². The molecule has 0 saturated heterocycles. The van der Waals surface area contributed by atoms with E-state index in [1.807, 2.05) is 48.5 Å². The van der Waals surface area contributed by atoms with Gasteiger partial charge in [-0.3, -0.25) is 9.69 Å². The summed E-state index contributed by atoms with van der Waals surface area (Å²) >= 11 is 0. The van der Waals surface area contributed by atoms with Crippen molar-refractivity contribution in [2.24, 2.45) is 0 Å². The molecule has 0 atom stereocenters. The molecule has 3 aromatic carbocycles. The Morgan fingerprint density at radius 2 is 1.59 bits per heavy atom. The van der Waals surface area contributed by atoms with E-state index in [1.54, 1.807) is 0 Å². The summed E-state index contributed by atoms with van der Waals surface area (Å²) in [5, 5.41) is 3.16. The Kier molecular flexibility index (Phi) is 5.92. The summed E-state index contributed by atoms with van der Waals surface area (Å²) in [6.07, 6.45) is 0.895. The average molecular weight is 386 g/mol. The van der Waals surface area contributed by atoms with Gasteiger partial charge < -0.3 is 11.1 Å². The van der Waals surface area contributed by atoms with Crippen LogP contribution < -0.4 is 11.1 Å². The highest BCUT2D eigenvalue weighted by molar-refractivity contribution is 5.78. The van der Waals surface area contributed by atoms with Crippen LogP contribution in [0.1, 0.15) is 28.2 Å². The van der Waals surface area contributed by atoms with Crippen molar-refractivity contribution < 1.29 is 4.79 Å². The fourth-order valence-corrected chi connectivity index (χ4v) is 4.11. The van der Waals surface area contributed by atoms with Crippen LogP contribution in [-0.4, -0.2) is 30.4 Å². The van der Waals surface area contributed by atoms with Crippen LogP contribution in [0.25, 0.3) is 0 Å². The van der Waals surface area contributed by atoms with Crippen molar-refractivity contribution in [2.45, 2.75) is 18.9 Å². The number of carbonyl (C=O) groups is 1. The van der Waals surface area contributed by atoms with Gasteiger partial charge in [0.1, 0.15) is 0 Å². The van der Waals surface area contributed by atoms with Crippen LogP contribution in [0.2, 0.25) is 0 Å². The van der Waals surface area contributed by atoms with Crippen LogP contribution in [0.15, 0.2) is 78.9 Å². The number of anilines is 1. The molecule has 3 aromatic rings. The third-order valence-electron chi connectivity index (χ3n) is 5.66. The van der Waals surface area contributed by atoms with Crippen molar-refractivity contribution in [3.63, 3.8) is 0 Å². The minimum Gasteiger partial charge on any atom is -0.398 e. The third kappa shape index (κ3) is 4.66. The second-order valence-electron chi connectivity index (χ2n) is 7.62. The Bertz CT molecular complexity index is 917. The Morgan fingerprint density at radius 3 is 2.24 bits per heavy atom. The zero-order valence-electron chi connectivity index (χ0n) is 16.6. The molecule has 3 N–H and O–H groups in total. The number of nitrogens with zero attached hydrogens (tertiary/aromatic N) is 1. The van der Waals surface area contributed by atoms with Gasteiger partial charge in [-0.15, -0.1) is 0 Å². The molecular weight excluding hydrogens is 358 g/mol. The Morgan fingerprint density at radius 1 is 0.931 bits per heavy atom. The van der Waals surface area contributed by atoms with E-state index in [1.165, 1.54) is 22.3 Å². The normalized spacial score (nSPS) is 13.8. The maximum Gasteiger partial charge on any atom is 0.234 e. The third-order valence-corrected chi connectivity index (χ3v) is 5.66. The molecule has 4 nitrogen and oxygen atoms in total. The SMILES string of the molecule is Nc1cccc2c1CCN(CC(=O)NCC(c1ccccc1)c1ccccc1)C2. The number of nitrogen functional groups attached to an aromatic ring is 1. The number of nitrogens with one attached hydrogen (secondary N) is 1. The van der Waals surface area contributed by atoms with Crippen LogP contribution in [0.4, 0.5) is 5.69 Å². The average Bonchev–Trinajstić information content (AvgIpc) is 2.75. The maximum atomic E-state index is 12.7. The fourth-order valence-electron chi connectivity index (χ4n) is 4.11. The van der Waals surface area contributed by atoms with E-state index in [4.69, 9.17) is 5.73 Å². The van der Waals surface area contributed by atoms with Crippen LogP contribution in [0, 0.1) is 0 Å². The van der Waals surface area contributed by atoms with Crippen molar-refractivity contribution in [3.8, 4) is 0 Å². The molecule has 1 amide bonds. The van der Waals surface area contributed by atoms with Gasteiger partial charge >= 0.3 is 0 Å². The first-order chi connectivity index (χ1) is 14.2. The van der Waals surface area contributed by atoms with Crippen molar-refractivity contribution in [1.82, 2.24) is 10.2 Å². The second-order valence-corrected chi connectivity index (χ2v) is 7.62. The number of nitrogens with two attached hydrogens (primary N) is 1. The topological polar surface area (TPSA) is 58.4 Å². The van der Waals surface area contributed by atoms with Gasteiger partial charge in [0.15, 0.2) is 0 Å². The molecule has 0 spiro atoms. The highest BCUT2D eigenvalue weighted by atomic mass is 16.2. The molecule has 0 saturated carbocycles. The summed E-state index contributed by atoms with van der Waals surface area (Å²) in [4.78, 5) is 14.9. The largest absolute Gasteiger partial charge is 0.398 e. The lowest BCUT2D eigenvalue weighted by atomic mass is 9.91. The minimum atomic E-state index is 0.0641. The molecule has 0 fully saturated rings. The summed E-state index contributed by atoms with van der Waals surface area (Å²) in [5.74, 6) is 0.206. The molecule has 29 heavy (non-hydrogen) atoms. The molecular formula is C25H27N3O. The van der Waals surface area contributed by atoms with Gasteiger partial charge in [-0.05, 0) is 34.7 Å². The van der Waals surface area contributed by atoms with E-state index in [9.17, 15) is 4.79 Å². The lowest BCUT2D eigenvalue weighted by molar-refractivity contribution is -0.122. The van der Waals surface area contributed by atoms with Gasteiger partial charge in [0.2, 0.25) is 5.91 Å². The molecule has 148 valence electrons. The van der Waals surface area contributed by atoms with E-state index in [2.05, 4.69) is 40.5 Å². The molecule has 0 unspecified atom stereocenters. The van der Waals surface area contributed by atoms with Crippen molar-refractivity contribution >= 4 is 11.6 Å². The van der Waals surface area contributed by atoms with E-state index in [-0.39, 0.29) is 11.8 Å². The molecule has 0 bridgehead atoms. The lowest BCUT2D eigenvalue weighted by Crippen LogP contribution is -2.41. The first-order valence-electron chi connectivity index (χ1n) is 10.2. The maximum absolute atomic E-state index is 12.7. The molecule has 1 aliphatic rings. The van der Waals surface area contributed by atoms with E-state index < -0.39 is 0 Å². The zero-order valence-corrected chi connectivity index (χ0v) is 16.6. The standard InChI is InChI=1S/C25H27N3O/c26-24-13-7-12-21-17-28(15-14-22(21)24)18-25(29)27-16-23(19-8-3-1-4-9-19)20-10-5-2-6-11-20/h1-13,23H,14-18,26H2,(H,27,29). The fraction of sp³-hybridized carbons (Fsp3) is 0.240. The number of benzene rings is 3. The molecule has 4 rings (SSSR count). The number of fused-ring (bicyclic) bond motifs is 1. The van der Waals surface area contributed by atoms with Crippen molar-refractivity contribution in [2.75, 3.05) is 25.4 Å². The summed E-state index contributed by atoms with van der Waals surface area (Å²) in [7, 11) is 0. The zero-order chi connectivity index (χ0) is 20.1. The summed E-state index contributed by atoms with van der Waals surface area (Å²) in [6, 6.07) is 26.8. The monoisotopic (exact) mass is 385 g/mol. The highest BCUT2D eigenvalue weighted by Gasteiger charge is 2.21. The summed E-state index contributed by atoms with van der Waals surface area (Å²) in [6.45, 7) is 2.62. The molecule has 0 radical (unpaired) electrons. The van der Waals surface area contributed by atoms with Gasteiger partial charge in [-0.2, -0.15) is 0 Å². The molecule has 1 heterocycles. The first-order valence-corrected chi connectivity index (χ1v) is 10.2. The quantitative estimate of drug-likeness (QED) is 0.638. The second kappa shape index (κ2) is 8.93. The van der Waals surface area contributed by atoms with Gasteiger partial charge in [0.05, 0.1) is 6.54 Å². The van der Waals surface area contributed by atoms with E-state index in [0.29, 0.717) is 13.1 Å². The van der Waals surface area contributed by atoms with Crippen molar-refractivity contribution in [3.05, 3.63) is 101 Å². The van der Waals surface area contributed by atoms with Crippen LogP contribution in [0.3, 0.4) is 0 Å². The van der Waals surface area contributed by atoms with Crippen LogP contribution in [-0.2, 0) is 17.8 Å². The Hall–Kier alpha value is -3.11. The molecule has 1 aliphatic heterocycles. The number of hydrogen-bond acceptors (Lipinski definition) is 3. The first kappa shape index (κ1) is 19.2. The van der Waals surface area contributed by atoms with Gasteiger partial charge in [0, 0.05) is 31.2 Å². The number of amides is 1. The minimum absolute atomic E-state index is 0.0641. The van der Waals surface area contributed by atoms with Gasteiger partial charge in [0.25, 0.3) is 0 Å². The predicted molar refractivity (Wildman–Crippen MR) is 118 cm³/mol. The molecule has 4 heteroatoms. The summed E-state index contributed by atoms with van der Waals surface area (Å²) in [5.41, 5.74) is 11.8. The van der Waals surface area contributed by atoms with Gasteiger partial charge in [-0.1, -0.05) is 72.8 Å². The van der Waals surface area contributed by atoms with E-state index >= 15 is 0 Å². The number of rotatable bonds is 6. The smallest absolute Gasteiger partial charge is 0.234 e. The number of carbonyl (C=O) groups excluding carboxylic acids is 1. The number of hydrogen-bond donors (Lipinski definition) is 2. The molecule has 0 aromatic heterocycles. The predicted octanol–water partition coefficient (Wildman–Crippen LogP) is 3.58. The van der Waals surface area contributed by atoms with Crippen LogP contribution in [0.5, 0.6) is 0 Å². The van der Waals surface area contributed by atoms with Gasteiger partial charge in [-0.25, -0.2) is 0 Å². The van der Waals surface area contributed by atoms with Crippen LogP contribution >= 0.6 is 0 Å².